The van der Waals surface area contributed by atoms with Crippen LogP contribution in [0.1, 0.15) is 38.3 Å². The van der Waals surface area contributed by atoms with Crippen molar-refractivity contribution in [2.75, 3.05) is 0 Å². The Morgan fingerprint density at radius 1 is 0.769 bits per heavy atom. The van der Waals surface area contributed by atoms with E-state index in [1.54, 1.807) is 0 Å². The molecule has 3 heteroatoms. The van der Waals surface area contributed by atoms with E-state index in [1.807, 2.05) is 36.4 Å². The molecule has 0 saturated carbocycles. The minimum absolute atomic E-state index is 0.0725. The first-order chi connectivity index (χ1) is 12.7. The van der Waals surface area contributed by atoms with Gasteiger partial charge in [-0.15, -0.1) is 0 Å². The largest absolute Gasteiger partial charge is 0.368 e. The number of rotatable bonds is 7. The minimum atomic E-state index is -0.338. The molecule has 1 heterocycles. The molecule has 1 aliphatic heterocycles. The third kappa shape index (κ3) is 4.73. The van der Waals surface area contributed by atoms with Crippen LogP contribution >= 0.6 is 0 Å². The smallest absolute Gasteiger partial charge is 0.184 e. The summed E-state index contributed by atoms with van der Waals surface area (Å²) >= 11 is 0. The van der Waals surface area contributed by atoms with Crippen molar-refractivity contribution in [1.82, 2.24) is 0 Å². The van der Waals surface area contributed by atoms with Crippen molar-refractivity contribution in [2.24, 2.45) is 11.8 Å². The van der Waals surface area contributed by atoms with Gasteiger partial charge in [-0.1, -0.05) is 81.4 Å². The second kappa shape index (κ2) is 9.31. The van der Waals surface area contributed by atoms with Crippen LogP contribution in [0.2, 0.25) is 0 Å². The van der Waals surface area contributed by atoms with Gasteiger partial charge in [-0.2, -0.15) is 0 Å². The molecule has 2 unspecified atom stereocenters. The molecule has 5 atom stereocenters. The lowest BCUT2D eigenvalue weighted by molar-refractivity contribution is -0.286. The minimum Gasteiger partial charge on any atom is -0.368 e. The van der Waals surface area contributed by atoms with Crippen molar-refractivity contribution in [3.05, 3.63) is 71.8 Å². The summed E-state index contributed by atoms with van der Waals surface area (Å²) in [6.45, 7) is 7.80. The SMILES string of the molecule is CCC1O[C@@H](OCc2ccccc2)[C@@H](OCc2ccccc2)C(C)[C@@H]1C. The molecular formula is C23H30O3. The Hall–Kier alpha value is -1.68. The van der Waals surface area contributed by atoms with Gasteiger partial charge in [0, 0.05) is 0 Å². The molecule has 26 heavy (non-hydrogen) atoms. The van der Waals surface area contributed by atoms with E-state index in [9.17, 15) is 0 Å². The molecule has 140 valence electrons. The zero-order valence-corrected chi connectivity index (χ0v) is 16.0. The maximum absolute atomic E-state index is 6.30. The first-order valence-corrected chi connectivity index (χ1v) is 9.65. The van der Waals surface area contributed by atoms with E-state index in [2.05, 4.69) is 45.0 Å². The fourth-order valence-corrected chi connectivity index (χ4v) is 3.61. The number of hydrogen-bond donors (Lipinski definition) is 0. The first kappa shape index (κ1) is 19.1. The Morgan fingerprint density at radius 2 is 1.31 bits per heavy atom. The first-order valence-electron chi connectivity index (χ1n) is 9.65. The summed E-state index contributed by atoms with van der Waals surface area (Å²) in [7, 11) is 0. The lowest BCUT2D eigenvalue weighted by atomic mass is 9.82. The highest BCUT2D eigenvalue weighted by Crippen LogP contribution is 2.35. The van der Waals surface area contributed by atoms with Gasteiger partial charge in [0.1, 0.15) is 6.10 Å². The van der Waals surface area contributed by atoms with Crippen LogP contribution in [0.5, 0.6) is 0 Å². The molecule has 1 saturated heterocycles. The summed E-state index contributed by atoms with van der Waals surface area (Å²) in [5.41, 5.74) is 2.32. The Morgan fingerprint density at radius 3 is 1.85 bits per heavy atom. The van der Waals surface area contributed by atoms with Crippen molar-refractivity contribution in [1.29, 1.82) is 0 Å². The van der Waals surface area contributed by atoms with E-state index < -0.39 is 0 Å². The van der Waals surface area contributed by atoms with Gasteiger partial charge in [0.05, 0.1) is 19.3 Å². The van der Waals surface area contributed by atoms with Crippen molar-refractivity contribution in [3.8, 4) is 0 Å². The quantitative estimate of drug-likeness (QED) is 0.684. The number of hydrogen-bond acceptors (Lipinski definition) is 3. The van der Waals surface area contributed by atoms with Gasteiger partial charge in [0.15, 0.2) is 6.29 Å². The number of benzene rings is 2. The van der Waals surface area contributed by atoms with E-state index >= 15 is 0 Å². The van der Waals surface area contributed by atoms with Crippen LogP contribution in [0, 0.1) is 11.8 Å². The zero-order valence-electron chi connectivity index (χ0n) is 16.0. The molecule has 0 aliphatic carbocycles. The molecule has 2 aromatic carbocycles. The van der Waals surface area contributed by atoms with E-state index in [4.69, 9.17) is 14.2 Å². The van der Waals surface area contributed by atoms with E-state index in [1.165, 1.54) is 5.56 Å². The summed E-state index contributed by atoms with van der Waals surface area (Å²) < 4.78 is 18.8. The maximum atomic E-state index is 6.30. The lowest BCUT2D eigenvalue weighted by Gasteiger charge is -2.44. The van der Waals surface area contributed by atoms with Gasteiger partial charge in [0.25, 0.3) is 0 Å². The molecule has 2 aromatic rings. The van der Waals surface area contributed by atoms with Gasteiger partial charge in [-0.3, -0.25) is 0 Å². The monoisotopic (exact) mass is 354 g/mol. The third-order valence-electron chi connectivity index (χ3n) is 5.46. The molecule has 1 aliphatic rings. The van der Waals surface area contributed by atoms with Crippen LogP contribution in [0.3, 0.4) is 0 Å². The standard InChI is InChI=1S/C23H30O3/c1-4-21-17(2)18(3)22(24-15-19-11-7-5-8-12-19)23(26-21)25-16-20-13-9-6-10-14-20/h5-14,17-18,21-23H,4,15-16H2,1-3H3/t17-,18?,21?,22-,23+/m0/s1. The van der Waals surface area contributed by atoms with Crippen LogP contribution in [0.15, 0.2) is 60.7 Å². The van der Waals surface area contributed by atoms with Gasteiger partial charge in [0.2, 0.25) is 0 Å². The fourth-order valence-electron chi connectivity index (χ4n) is 3.61. The average Bonchev–Trinajstić information content (AvgIpc) is 2.69. The van der Waals surface area contributed by atoms with Crippen molar-refractivity contribution < 1.29 is 14.2 Å². The molecular weight excluding hydrogens is 324 g/mol. The Balaban J connectivity index is 1.68. The average molecular weight is 354 g/mol. The van der Waals surface area contributed by atoms with Gasteiger partial charge in [-0.05, 0) is 29.4 Å². The lowest BCUT2D eigenvalue weighted by Crippen LogP contribution is -2.51. The normalized spacial score (nSPS) is 28.8. The molecule has 0 N–H and O–H groups in total. The molecule has 0 radical (unpaired) electrons. The van der Waals surface area contributed by atoms with Gasteiger partial charge in [-0.25, -0.2) is 0 Å². The predicted octanol–water partition coefficient (Wildman–Crippen LogP) is 5.20. The van der Waals surface area contributed by atoms with Crippen LogP contribution < -0.4 is 0 Å². The molecule has 0 spiro atoms. The Kier molecular flexibility index (Phi) is 6.84. The van der Waals surface area contributed by atoms with Crippen molar-refractivity contribution >= 4 is 0 Å². The molecule has 0 aromatic heterocycles. The van der Waals surface area contributed by atoms with Gasteiger partial charge < -0.3 is 14.2 Å². The van der Waals surface area contributed by atoms with Crippen LogP contribution in [0.4, 0.5) is 0 Å². The van der Waals surface area contributed by atoms with Gasteiger partial charge >= 0.3 is 0 Å². The summed E-state index contributed by atoms with van der Waals surface area (Å²) in [5, 5.41) is 0. The maximum Gasteiger partial charge on any atom is 0.184 e. The zero-order chi connectivity index (χ0) is 18.4. The third-order valence-corrected chi connectivity index (χ3v) is 5.46. The van der Waals surface area contributed by atoms with Crippen LogP contribution in [0.25, 0.3) is 0 Å². The predicted molar refractivity (Wildman–Crippen MR) is 104 cm³/mol. The topological polar surface area (TPSA) is 27.7 Å². The highest BCUT2D eigenvalue weighted by atomic mass is 16.7. The second-order valence-corrected chi connectivity index (χ2v) is 7.23. The fraction of sp³-hybridized carbons (Fsp3) is 0.478. The van der Waals surface area contributed by atoms with E-state index in [0.29, 0.717) is 25.0 Å². The van der Waals surface area contributed by atoms with Crippen LogP contribution in [-0.4, -0.2) is 18.5 Å². The summed E-state index contributed by atoms with van der Waals surface area (Å²) in [6.07, 6.45) is 0.788. The molecule has 0 bridgehead atoms. The number of ether oxygens (including phenoxy) is 3. The molecule has 3 nitrogen and oxygen atoms in total. The Bertz CT molecular complexity index is 643. The molecule has 1 fully saturated rings. The highest BCUT2D eigenvalue weighted by Gasteiger charge is 2.42. The highest BCUT2D eigenvalue weighted by molar-refractivity contribution is 5.14. The molecule has 3 rings (SSSR count). The second-order valence-electron chi connectivity index (χ2n) is 7.23. The van der Waals surface area contributed by atoms with Crippen LogP contribution in [-0.2, 0) is 27.4 Å². The summed E-state index contributed by atoms with van der Waals surface area (Å²) in [6, 6.07) is 20.5. The summed E-state index contributed by atoms with van der Waals surface area (Å²) in [5.74, 6) is 0.815. The van der Waals surface area contributed by atoms with E-state index in [-0.39, 0.29) is 18.5 Å². The van der Waals surface area contributed by atoms with E-state index in [0.717, 1.165) is 12.0 Å². The van der Waals surface area contributed by atoms with Crippen molar-refractivity contribution in [2.45, 2.75) is 58.9 Å². The summed E-state index contributed by atoms with van der Waals surface area (Å²) in [4.78, 5) is 0. The van der Waals surface area contributed by atoms with Crippen molar-refractivity contribution in [3.63, 3.8) is 0 Å². The molecule has 0 amide bonds. The Labute approximate surface area is 157 Å².